The summed E-state index contributed by atoms with van der Waals surface area (Å²) in [6.45, 7) is 4.80. The number of hydrogen-bond donors (Lipinski definition) is 2. The number of nitrogens with one attached hydrogen (secondary N) is 1. The first kappa shape index (κ1) is 48.9. The maximum atomic E-state index is 13.6. The molecule has 4 aliphatic rings. The zero-order valence-electron chi connectivity index (χ0n) is 39.4. The van der Waals surface area contributed by atoms with E-state index in [1.54, 1.807) is 45.3 Å². The molecule has 368 valence electrons. The van der Waals surface area contributed by atoms with Gasteiger partial charge >= 0.3 is 0 Å². The van der Waals surface area contributed by atoms with E-state index in [1.807, 2.05) is 89.6 Å². The molecule has 2 unspecified atom stereocenters. The number of hydrogen-bond acceptors (Lipinski definition) is 14. The minimum atomic E-state index is -2.55. The quantitative estimate of drug-likeness (QED) is 0.0840. The molecule has 0 bridgehead atoms. The lowest BCUT2D eigenvalue weighted by molar-refractivity contribution is -0.0506. The summed E-state index contributed by atoms with van der Waals surface area (Å²) in [6, 6.07) is 11.3. The van der Waals surface area contributed by atoms with Crippen molar-refractivity contribution in [2.75, 3.05) is 62.4 Å². The lowest BCUT2D eigenvalue weighted by atomic mass is 9.81. The zero-order valence-corrected chi connectivity index (χ0v) is 40.1. The molecule has 21 heteroatoms. The van der Waals surface area contributed by atoms with E-state index >= 15 is 0 Å². The summed E-state index contributed by atoms with van der Waals surface area (Å²) in [5.41, 5.74) is 10.8. The molecular formula is C48H57ClF4N12O4. The highest BCUT2D eigenvalue weighted by molar-refractivity contribution is 6.28. The van der Waals surface area contributed by atoms with Crippen molar-refractivity contribution in [2.24, 2.45) is 11.8 Å². The van der Waals surface area contributed by atoms with Gasteiger partial charge in [-0.2, -0.15) is 9.97 Å². The summed E-state index contributed by atoms with van der Waals surface area (Å²) < 4.78 is 80.0. The molecule has 2 aliphatic heterocycles. The standard InChI is InChI=1S/C24H28F2N6O2.C13H16ClF2N3O.C11H13N3O/c1-15-12-32(14-28-15)18-5-4-17(10-20(18)33-3)29-23-27-11-21-22(30-23)31(2)19(13-34-21)16-6-8-24(25,26)9-7-16;1-19-9(8-2-4-13(15,16)5-3-8)7-20-10-6-17-12(14)18-11(10)19;1-8-6-14(7-13-8)10-4-3-9(12)5-11(10)15-2/h4-5,10-12,14,16,19H,6-9,13H2,1-3H3,(H,27,29,30);6,8-9H,2-5,7H2,1H3;3-7H,12H2,1-2H3. The Morgan fingerprint density at radius 3 is 1.65 bits per heavy atom. The summed E-state index contributed by atoms with van der Waals surface area (Å²) in [5.74, 6) is -0.400. The topological polar surface area (TPSA) is 169 Å². The van der Waals surface area contributed by atoms with Crippen molar-refractivity contribution in [3.8, 4) is 34.4 Å². The molecule has 2 fully saturated rings. The minimum Gasteiger partial charge on any atom is -0.494 e. The SMILES string of the molecule is CN1c2nc(Cl)ncc2OCC1C1CCC(F)(F)CC1.COc1cc(N)ccc1-n1cnc(C)c1.COc1cc(Nc2ncc3c(n2)N(C)C(C2CCC(F)(F)CC2)CO3)ccc1-n1cnc(C)c1. The monoisotopic (exact) mass is 976 g/mol. The van der Waals surface area contributed by atoms with Gasteiger partial charge in [0.25, 0.3) is 0 Å². The van der Waals surface area contributed by atoms with Gasteiger partial charge in [0.05, 0.1) is 74.1 Å². The number of ether oxygens (including phenoxy) is 4. The second-order valence-electron chi connectivity index (χ2n) is 17.9. The Morgan fingerprint density at radius 1 is 0.681 bits per heavy atom. The molecule has 0 amide bonds. The molecule has 4 aromatic heterocycles. The predicted molar refractivity (Wildman–Crippen MR) is 256 cm³/mol. The molecule has 16 nitrogen and oxygen atoms in total. The van der Waals surface area contributed by atoms with Gasteiger partial charge < -0.3 is 48.9 Å². The maximum Gasteiger partial charge on any atom is 0.248 e. The van der Waals surface area contributed by atoms with Crippen LogP contribution >= 0.6 is 11.6 Å². The van der Waals surface area contributed by atoms with Gasteiger partial charge in [0.15, 0.2) is 23.1 Å². The first-order valence-corrected chi connectivity index (χ1v) is 23.1. The fraction of sp³-hybridized carbons (Fsp3) is 0.458. The number of methoxy groups -OCH3 is 2. The number of likely N-dealkylation sites (N-methyl/N-ethyl adjacent to an activating group) is 2. The average Bonchev–Trinajstić information content (AvgIpc) is 3.98. The van der Waals surface area contributed by atoms with Gasteiger partial charge in [-0.15, -0.1) is 0 Å². The van der Waals surface area contributed by atoms with Crippen molar-refractivity contribution in [3.63, 3.8) is 0 Å². The lowest BCUT2D eigenvalue weighted by Gasteiger charge is -2.41. The van der Waals surface area contributed by atoms with Crippen molar-refractivity contribution in [3.05, 3.63) is 90.5 Å². The van der Waals surface area contributed by atoms with Crippen LogP contribution in [0.3, 0.4) is 0 Å². The third-order valence-corrected chi connectivity index (χ3v) is 13.3. The molecule has 3 N–H and O–H groups in total. The summed E-state index contributed by atoms with van der Waals surface area (Å²) in [6.07, 6.45) is 12.3. The van der Waals surface area contributed by atoms with E-state index in [4.69, 9.17) is 36.3 Å². The second-order valence-corrected chi connectivity index (χ2v) is 18.2. The number of halogens is 5. The number of rotatable bonds is 8. The summed E-state index contributed by atoms with van der Waals surface area (Å²) in [4.78, 5) is 29.6. The van der Waals surface area contributed by atoms with Crippen LogP contribution in [0, 0.1) is 25.7 Å². The smallest absolute Gasteiger partial charge is 0.248 e. The number of aryl methyl sites for hydroxylation is 2. The fourth-order valence-corrected chi connectivity index (χ4v) is 9.40. The molecular weight excluding hydrogens is 920 g/mol. The number of nitrogens with two attached hydrogens (primary N) is 1. The van der Waals surface area contributed by atoms with Crippen LogP contribution in [-0.4, -0.2) is 104 Å². The highest BCUT2D eigenvalue weighted by atomic mass is 35.5. The van der Waals surface area contributed by atoms with Crippen molar-refractivity contribution in [1.82, 2.24) is 39.0 Å². The van der Waals surface area contributed by atoms with E-state index in [1.165, 1.54) is 0 Å². The van der Waals surface area contributed by atoms with Crippen LogP contribution in [0.5, 0.6) is 23.0 Å². The van der Waals surface area contributed by atoms with Gasteiger partial charge in [0.2, 0.25) is 23.1 Å². The van der Waals surface area contributed by atoms with Gasteiger partial charge in [-0.3, -0.25) is 0 Å². The summed E-state index contributed by atoms with van der Waals surface area (Å²) in [5, 5.41) is 3.39. The number of alkyl halides is 4. The van der Waals surface area contributed by atoms with Crippen molar-refractivity contribution < 1.29 is 36.5 Å². The number of fused-ring (bicyclic) bond motifs is 2. The van der Waals surface area contributed by atoms with E-state index in [-0.39, 0.29) is 54.9 Å². The lowest BCUT2D eigenvalue weighted by Crippen LogP contribution is -2.47. The number of nitrogen functional groups attached to an aromatic ring is 1. The molecule has 2 saturated carbocycles. The molecule has 0 spiro atoms. The highest BCUT2D eigenvalue weighted by Crippen LogP contribution is 2.43. The van der Waals surface area contributed by atoms with Gasteiger partial charge in [-0.05, 0) is 87.2 Å². The van der Waals surface area contributed by atoms with E-state index in [0.717, 1.165) is 34.2 Å². The maximum absolute atomic E-state index is 13.6. The van der Waals surface area contributed by atoms with Crippen LogP contribution in [0.1, 0.15) is 62.8 Å². The Bertz CT molecular complexity index is 2700. The molecule has 6 aromatic rings. The first-order chi connectivity index (χ1) is 33.0. The fourth-order valence-electron chi connectivity index (χ4n) is 9.27. The highest BCUT2D eigenvalue weighted by Gasteiger charge is 2.42. The van der Waals surface area contributed by atoms with Gasteiger partial charge in [0.1, 0.15) is 24.7 Å². The van der Waals surface area contributed by atoms with Crippen molar-refractivity contribution >= 4 is 40.6 Å². The van der Waals surface area contributed by atoms with E-state index in [9.17, 15) is 17.6 Å². The van der Waals surface area contributed by atoms with Crippen LogP contribution in [0.2, 0.25) is 5.28 Å². The molecule has 6 heterocycles. The molecule has 2 aromatic carbocycles. The van der Waals surface area contributed by atoms with Crippen LogP contribution in [0.15, 0.2) is 73.8 Å². The Kier molecular flexibility index (Phi) is 14.6. The van der Waals surface area contributed by atoms with E-state index in [0.29, 0.717) is 79.4 Å². The largest absolute Gasteiger partial charge is 0.494 e. The number of aromatic nitrogens is 8. The van der Waals surface area contributed by atoms with E-state index < -0.39 is 11.8 Å². The average molecular weight is 978 g/mol. The van der Waals surface area contributed by atoms with Crippen LogP contribution in [0.25, 0.3) is 11.4 Å². The summed E-state index contributed by atoms with van der Waals surface area (Å²) >= 11 is 5.81. The third kappa shape index (κ3) is 11.5. The molecule has 2 atom stereocenters. The van der Waals surface area contributed by atoms with E-state index in [2.05, 4.69) is 35.2 Å². The van der Waals surface area contributed by atoms with Gasteiger partial charge in [0, 0.05) is 75.7 Å². The van der Waals surface area contributed by atoms with Crippen molar-refractivity contribution in [2.45, 2.75) is 89.1 Å². The number of nitrogens with zero attached hydrogens (tertiary/aromatic N) is 10. The second kappa shape index (κ2) is 20.6. The van der Waals surface area contributed by atoms with Crippen LogP contribution < -0.4 is 39.8 Å². The predicted octanol–water partition coefficient (Wildman–Crippen LogP) is 9.67. The molecule has 2 aliphatic carbocycles. The number of imidazole rings is 2. The zero-order chi connectivity index (χ0) is 49.0. The Labute approximate surface area is 403 Å². The molecule has 0 saturated heterocycles. The van der Waals surface area contributed by atoms with Gasteiger partial charge in [-0.25, -0.2) is 37.5 Å². The number of benzene rings is 2. The Morgan fingerprint density at radius 2 is 1.16 bits per heavy atom. The normalized spacial score (nSPS) is 19.6. The Hall–Kier alpha value is -6.57. The Balaban J connectivity index is 0.000000155. The summed E-state index contributed by atoms with van der Waals surface area (Å²) in [7, 11) is 7.10. The molecule has 10 rings (SSSR count). The van der Waals surface area contributed by atoms with Gasteiger partial charge in [-0.1, -0.05) is 0 Å². The van der Waals surface area contributed by atoms with Crippen molar-refractivity contribution in [1.29, 1.82) is 0 Å². The third-order valence-electron chi connectivity index (χ3n) is 13.2. The molecule has 0 radical (unpaired) electrons. The van der Waals surface area contributed by atoms with Crippen LogP contribution in [-0.2, 0) is 0 Å². The van der Waals surface area contributed by atoms with Crippen LogP contribution in [0.4, 0.5) is 46.5 Å². The first-order valence-electron chi connectivity index (χ1n) is 22.8. The molecule has 69 heavy (non-hydrogen) atoms. The minimum absolute atomic E-state index is 0.00404. The number of anilines is 5.